The van der Waals surface area contributed by atoms with Gasteiger partial charge < -0.3 is 15.8 Å². The molecule has 0 atom stereocenters. The summed E-state index contributed by atoms with van der Waals surface area (Å²) >= 11 is 0. The molecule has 0 unspecified atom stereocenters. The van der Waals surface area contributed by atoms with Crippen molar-refractivity contribution in [2.75, 3.05) is 18.5 Å². The van der Waals surface area contributed by atoms with Gasteiger partial charge in [-0.3, -0.25) is 10.1 Å². The first kappa shape index (κ1) is 14.6. The molecule has 6 nitrogen and oxygen atoms in total. The second-order valence-corrected chi connectivity index (χ2v) is 5.33. The van der Waals surface area contributed by atoms with E-state index in [-0.39, 0.29) is 11.2 Å². The van der Waals surface area contributed by atoms with Gasteiger partial charge in [0.1, 0.15) is 5.69 Å². The van der Waals surface area contributed by atoms with Gasteiger partial charge in [0, 0.05) is 12.1 Å². The highest BCUT2D eigenvalue weighted by Crippen LogP contribution is 2.36. The third kappa shape index (κ3) is 3.19. The Morgan fingerprint density at radius 2 is 2.25 bits per heavy atom. The van der Waals surface area contributed by atoms with Gasteiger partial charge in [-0.2, -0.15) is 0 Å². The van der Waals surface area contributed by atoms with Crippen LogP contribution in [0.1, 0.15) is 32.6 Å². The number of nitro groups is 1. The molecule has 1 saturated carbocycles. The molecule has 0 aromatic heterocycles. The predicted octanol–water partition coefficient (Wildman–Crippen LogP) is 2.68. The van der Waals surface area contributed by atoms with Crippen molar-refractivity contribution in [1.29, 1.82) is 0 Å². The molecule has 0 saturated heterocycles. The summed E-state index contributed by atoms with van der Waals surface area (Å²) in [5.41, 5.74) is 6.37. The number of para-hydroxylation sites is 1. The number of ether oxygens (including phenoxy) is 1. The highest BCUT2D eigenvalue weighted by molar-refractivity contribution is 5.68. The van der Waals surface area contributed by atoms with Gasteiger partial charge in [0.05, 0.1) is 11.5 Å². The molecule has 0 spiro atoms. The molecule has 1 aliphatic rings. The Morgan fingerprint density at radius 3 is 2.80 bits per heavy atom. The van der Waals surface area contributed by atoms with Crippen molar-refractivity contribution >= 4 is 11.4 Å². The van der Waals surface area contributed by atoms with E-state index in [1.54, 1.807) is 18.2 Å². The summed E-state index contributed by atoms with van der Waals surface area (Å²) < 4.78 is 5.45. The number of rotatable bonds is 7. The predicted molar refractivity (Wildman–Crippen MR) is 78.1 cm³/mol. The van der Waals surface area contributed by atoms with Gasteiger partial charge in [0.25, 0.3) is 0 Å². The SMILES string of the molecule is CCCOc1cccc(NCC2(N)CCC2)c1[N+](=O)[O-]. The number of hydrogen-bond donors (Lipinski definition) is 2. The lowest BCUT2D eigenvalue weighted by atomic mass is 9.78. The van der Waals surface area contributed by atoms with Crippen molar-refractivity contribution in [1.82, 2.24) is 0 Å². The molecule has 0 aliphatic heterocycles. The number of hydrogen-bond acceptors (Lipinski definition) is 5. The van der Waals surface area contributed by atoms with Crippen LogP contribution in [0, 0.1) is 10.1 Å². The molecule has 2 rings (SSSR count). The molecule has 1 aromatic rings. The first-order valence-corrected chi connectivity index (χ1v) is 6.99. The third-order valence-corrected chi connectivity index (χ3v) is 3.62. The van der Waals surface area contributed by atoms with Gasteiger partial charge in [-0.15, -0.1) is 0 Å². The average molecular weight is 279 g/mol. The lowest BCUT2D eigenvalue weighted by molar-refractivity contribution is -0.385. The maximum Gasteiger partial charge on any atom is 0.333 e. The first-order valence-electron chi connectivity index (χ1n) is 6.99. The molecule has 1 aromatic carbocycles. The smallest absolute Gasteiger partial charge is 0.333 e. The van der Waals surface area contributed by atoms with E-state index >= 15 is 0 Å². The van der Waals surface area contributed by atoms with Crippen LogP contribution in [0.15, 0.2) is 18.2 Å². The maximum absolute atomic E-state index is 11.3. The average Bonchev–Trinajstić information content (AvgIpc) is 2.40. The Labute approximate surface area is 118 Å². The summed E-state index contributed by atoms with van der Waals surface area (Å²) in [4.78, 5) is 10.9. The van der Waals surface area contributed by atoms with Crippen molar-refractivity contribution in [3.8, 4) is 5.75 Å². The molecule has 0 heterocycles. The molecule has 20 heavy (non-hydrogen) atoms. The molecule has 3 N–H and O–H groups in total. The number of nitro benzene ring substituents is 1. The van der Waals surface area contributed by atoms with Crippen molar-refractivity contribution in [2.24, 2.45) is 5.73 Å². The van der Waals surface area contributed by atoms with Crippen molar-refractivity contribution in [3.63, 3.8) is 0 Å². The van der Waals surface area contributed by atoms with Crippen molar-refractivity contribution < 1.29 is 9.66 Å². The van der Waals surface area contributed by atoms with Crippen LogP contribution < -0.4 is 15.8 Å². The fraction of sp³-hybridized carbons (Fsp3) is 0.571. The third-order valence-electron chi connectivity index (χ3n) is 3.62. The Morgan fingerprint density at radius 1 is 1.50 bits per heavy atom. The fourth-order valence-corrected chi connectivity index (χ4v) is 2.26. The zero-order chi connectivity index (χ0) is 14.6. The van der Waals surface area contributed by atoms with Crippen LogP contribution in [0.4, 0.5) is 11.4 Å². The van der Waals surface area contributed by atoms with E-state index in [1.165, 1.54) is 0 Å². The molecule has 0 radical (unpaired) electrons. The van der Waals surface area contributed by atoms with Gasteiger partial charge in [0.2, 0.25) is 0 Å². The molecule has 110 valence electrons. The number of nitrogens with one attached hydrogen (secondary N) is 1. The minimum atomic E-state index is -0.405. The number of benzene rings is 1. The van der Waals surface area contributed by atoms with Crippen LogP contribution in [0.2, 0.25) is 0 Å². The lowest BCUT2D eigenvalue weighted by Gasteiger charge is -2.38. The minimum Gasteiger partial charge on any atom is -0.487 e. The molecule has 0 amide bonds. The highest BCUT2D eigenvalue weighted by Gasteiger charge is 2.33. The van der Waals surface area contributed by atoms with Crippen LogP contribution in [0.3, 0.4) is 0 Å². The second-order valence-electron chi connectivity index (χ2n) is 5.33. The standard InChI is InChI=1S/C14H21N3O3/c1-2-9-20-12-6-3-5-11(13(12)17(18)19)16-10-14(15)7-4-8-14/h3,5-6,16H,2,4,7-10,15H2,1H3. The number of anilines is 1. The Bertz CT molecular complexity index is 487. The summed E-state index contributed by atoms with van der Waals surface area (Å²) in [7, 11) is 0. The highest BCUT2D eigenvalue weighted by atomic mass is 16.6. The van der Waals surface area contributed by atoms with Crippen LogP contribution >= 0.6 is 0 Å². The second kappa shape index (κ2) is 6.09. The van der Waals surface area contributed by atoms with Gasteiger partial charge in [-0.25, -0.2) is 0 Å². The normalized spacial score (nSPS) is 16.3. The van der Waals surface area contributed by atoms with Gasteiger partial charge in [-0.05, 0) is 37.8 Å². The van der Waals surface area contributed by atoms with E-state index < -0.39 is 4.92 Å². The summed E-state index contributed by atoms with van der Waals surface area (Å²) in [6, 6.07) is 5.07. The monoisotopic (exact) mass is 279 g/mol. The van der Waals surface area contributed by atoms with E-state index in [0.29, 0.717) is 24.6 Å². The van der Waals surface area contributed by atoms with Crippen molar-refractivity contribution in [3.05, 3.63) is 28.3 Å². The number of nitrogens with two attached hydrogens (primary N) is 1. The summed E-state index contributed by atoms with van der Waals surface area (Å²) in [6.07, 6.45) is 3.85. The Hall–Kier alpha value is -1.82. The molecular formula is C14H21N3O3. The Kier molecular flexibility index (Phi) is 4.44. The fourth-order valence-electron chi connectivity index (χ4n) is 2.26. The molecule has 1 aliphatic carbocycles. The quantitative estimate of drug-likeness (QED) is 0.591. The van der Waals surface area contributed by atoms with Crippen molar-refractivity contribution in [2.45, 2.75) is 38.1 Å². The zero-order valence-corrected chi connectivity index (χ0v) is 11.7. The molecule has 0 bridgehead atoms. The first-order chi connectivity index (χ1) is 9.56. The number of nitrogens with zero attached hydrogens (tertiary/aromatic N) is 1. The van der Waals surface area contributed by atoms with Crippen LogP contribution in [0.5, 0.6) is 5.75 Å². The van der Waals surface area contributed by atoms with Crippen LogP contribution in [-0.4, -0.2) is 23.6 Å². The van der Waals surface area contributed by atoms with E-state index in [4.69, 9.17) is 10.5 Å². The minimum absolute atomic E-state index is 0.0103. The zero-order valence-electron chi connectivity index (χ0n) is 11.7. The van der Waals surface area contributed by atoms with Crippen LogP contribution in [-0.2, 0) is 0 Å². The maximum atomic E-state index is 11.3. The largest absolute Gasteiger partial charge is 0.487 e. The summed E-state index contributed by atoms with van der Waals surface area (Å²) in [6.45, 7) is 2.97. The lowest BCUT2D eigenvalue weighted by Crippen LogP contribution is -2.52. The molecule has 6 heteroatoms. The Balaban J connectivity index is 2.15. The summed E-state index contributed by atoms with van der Waals surface area (Å²) in [5, 5.41) is 14.4. The van der Waals surface area contributed by atoms with Crippen LogP contribution in [0.25, 0.3) is 0 Å². The van der Waals surface area contributed by atoms with E-state index in [0.717, 1.165) is 25.7 Å². The van der Waals surface area contributed by atoms with Gasteiger partial charge in [-0.1, -0.05) is 13.0 Å². The topological polar surface area (TPSA) is 90.4 Å². The van der Waals surface area contributed by atoms with Gasteiger partial charge >= 0.3 is 5.69 Å². The molecular weight excluding hydrogens is 258 g/mol. The van der Waals surface area contributed by atoms with E-state index in [9.17, 15) is 10.1 Å². The van der Waals surface area contributed by atoms with E-state index in [1.807, 2.05) is 6.92 Å². The van der Waals surface area contributed by atoms with E-state index in [2.05, 4.69) is 5.32 Å². The molecule has 1 fully saturated rings. The summed E-state index contributed by atoms with van der Waals surface area (Å²) in [5.74, 6) is 0.307. The van der Waals surface area contributed by atoms with Gasteiger partial charge in [0.15, 0.2) is 5.75 Å².